The van der Waals surface area contributed by atoms with Crippen molar-refractivity contribution in [1.29, 1.82) is 0 Å². The Hall–Kier alpha value is -3.25. The molecule has 0 spiro atoms. The fourth-order valence-electron chi connectivity index (χ4n) is 2.29. The summed E-state index contributed by atoms with van der Waals surface area (Å²) in [5, 5.41) is 6.64. The summed E-state index contributed by atoms with van der Waals surface area (Å²) in [6.45, 7) is 1.62. The molecule has 3 aromatic heterocycles. The predicted octanol–water partition coefficient (Wildman–Crippen LogP) is 4.48. The van der Waals surface area contributed by atoms with Crippen LogP contribution >= 0.6 is 0 Å². The van der Waals surface area contributed by atoms with Crippen LogP contribution in [0.3, 0.4) is 0 Å². The van der Waals surface area contributed by atoms with Gasteiger partial charge >= 0.3 is 12.4 Å². The Morgan fingerprint density at radius 1 is 0.724 bits per heavy atom. The number of pyridine rings is 1. The minimum absolute atomic E-state index is 0.130. The molecule has 0 aromatic carbocycles. The van der Waals surface area contributed by atoms with Crippen LogP contribution in [0.4, 0.5) is 26.3 Å². The van der Waals surface area contributed by atoms with Gasteiger partial charge in [0.15, 0.2) is 11.4 Å². The van der Waals surface area contributed by atoms with E-state index in [2.05, 4.69) is 15.2 Å². The van der Waals surface area contributed by atoms with Gasteiger partial charge in [0.2, 0.25) is 23.5 Å². The molecule has 0 aliphatic rings. The number of hydrogen-bond acceptors (Lipinski definition) is 5. The molecule has 3 heterocycles. The van der Waals surface area contributed by atoms with Gasteiger partial charge in [-0.3, -0.25) is 0 Å². The molecule has 0 unspecified atom stereocenters. The zero-order chi connectivity index (χ0) is 21.6. The molecule has 0 aliphatic carbocycles. The fraction of sp³-hybridized carbons (Fsp3) is 0.312. The molecule has 0 saturated carbocycles. The molecule has 3 aromatic rings. The lowest BCUT2D eigenvalue weighted by Gasteiger charge is -2.09. The summed E-state index contributed by atoms with van der Waals surface area (Å²) >= 11 is 0. The maximum Gasteiger partial charge on any atom is 0.435 e. The molecule has 0 bridgehead atoms. The van der Waals surface area contributed by atoms with Gasteiger partial charge in [0.1, 0.15) is 0 Å². The van der Waals surface area contributed by atoms with Crippen LogP contribution in [0.5, 0.6) is 23.5 Å². The van der Waals surface area contributed by atoms with E-state index in [0.29, 0.717) is 17.7 Å². The van der Waals surface area contributed by atoms with Gasteiger partial charge in [-0.05, 0) is 12.5 Å². The van der Waals surface area contributed by atoms with Crippen LogP contribution < -0.4 is 9.47 Å². The summed E-state index contributed by atoms with van der Waals surface area (Å²) < 4.78 is 89.0. The minimum atomic E-state index is -4.65. The first-order valence-electron chi connectivity index (χ1n) is 7.90. The van der Waals surface area contributed by atoms with Crippen molar-refractivity contribution in [2.45, 2.75) is 19.3 Å². The molecule has 0 amide bonds. The Bertz CT molecular complexity index is 959. The van der Waals surface area contributed by atoms with Crippen molar-refractivity contribution < 1.29 is 35.8 Å². The van der Waals surface area contributed by atoms with Gasteiger partial charge in [-0.1, -0.05) is 0 Å². The highest BCUT2D eigenvalue weighted by Gasteiger charge is 2.36. The van der Waals surface area contributed by atoms with Crippen molar-refractivity contribution in [3.05, 3.63) is 41.2 Å². The summed E-state index contributed by atoms with van der Waals surface area (Å²) in [6, 6.07) is 4.22. The quantitative estimate of drug-likeness (QED) is 0.582. The van der Waals surface area contributed by atoms with Gasteiger partial charge < -0.3 is 9.47 Å². The second-order valence-corrected chi connectivity index (χ2v) is 6.00. The molecule has 0 fully saturated rings. The van der Waals surface area contributed by atoms with Gasteiger partial charge in [-0.15, -0.1) is 0 Å². The number of nitrogens with zero attached hydrogens (tertiary/aromatic N) is 5. The van der Waals surface area contributed by atoms with Crippen LogP contribution in [0.2, 0.25) is 0 Å². The van der Waals surface area contributed by atoms with Crippen molar-refractivity contribution in [3.63, 3.8) is 0 Å². The Labute approximate surface area is 159 Å². The van der Waals surface area contributed by atoms with Gasteiger partial charge in [0.25, 0.3) is 0 Å². The molecule has 3 rings (SSSR count). The third kappa shape index (κ3) is 4.60. The highest BCUT2D eigenvalue weighted by atomic mass is 19.4. The van der Waals surface area contributed by atoms with E-state index in [4.69, 9.17) is 9.47 Å². The number of alkyl halides is 6. The van der Waals surface area contributed by atoms with Crippen LogP contribution in [0.1, 0.15) is 17.0 Å². The van der Waals surface area contributed by atoms with Gasteiger partial charge in [0, 0.05) is 38.4 Å². The van der Waals surface area contributed by atoms with Crippen LogP contribution in [-0.4, -0.2) is 24.5 Å². The Morgan fingerprint density at radius 2 is 1.10 bits per heavy atom. The first-order valence-corrected chi connectivity index (χ1v) is 7.90. The van der Waals surface area contributed by atoms with Crippen molar-refractivity contribution in [2.75, 3.05) is 0 Å². The lowest BCUT2D eigenvalue weighted by molar-refractivity contribution is -0.142. The largest absolute Gasteiger partial charge is 0.435 e. The van der Waals surface area contributed by atoms with Gasteiger partial charge in [-0.2, -0.15) is 41.5 Å². The monoisotopic (exact) mass is 421 g/mol. The molecule has 0 saturated heterocycles. The van der Waals surface area contributed by atoms with Crippen molar-refractivity contribution in [3.8, 4) is 23.5 Å². The molecule has 29 heavy (non-hydrogen) atoms. The molecule has 0 radical (unpaired) electrons. The number of aromatic nitrogens is 5. The molecule has 13 heteroatoms. The summed E-state index contributed by atoms with van der Waals surface area (Å²) in [5.41, 5.74) is -1.75. The second-order valence-electron chi connectivity index (χ2n) is 6.00. The SMILES string of the molecule is Cc1cc(Oc2cc(C(F)(F)F)nn2C)nc(Oc2cc(C(F)(F)F)nn2C)c1. The first-order chi connectivity index (χ1) is 13.3. The first kappa shape index (κ1) is 20.5. The highest BCUT2D eigenvalue weighted by Crippen LogP contribution is 2.34. The third-order valence-electron chi connectivity index (χ3n) is 3.60. The summed E-state index contributed by atoms with van der Waals surface area (Å²) in [5.74, 6) is -0.729. The number of ether oxygens (including phenoxy) is 2. The van der Waals surface area contributed by atoms with Gasteiger partial charge in [0.05, 0.1) is 0 Å². The van der Waals surface area contributed by atoms with Gasteiger partial charge in [-0.25, -0.2) is 9.36 Å². The summed E-state index contributed by atoms with van der Waals surface area (Å²) in [6.07, 6.45) is -9.30. The molecular weight excluding hydrogens is 408 g/mol. The maximum absolute atomic E-state index is 12.8. The summed E-state index contributed by atoms with van der Waals surface area (Å²) in [4.78, 5) is 3.96. The molecule has 0 aliphatic heterocycles. The molecule has 0 atom stereocenters. The minimum Gasteiger partial charge on any atom is -0.421 e. The molecule has 7 nitrogen and oxygen atoms in total. The normalized spacial score (nSPS) is 12.3. The lowest BCUT2D eigenvalue weighted by Crippen LogP contribution is -2.06. The predicted molar refractivity (Wildman–Crippen MR) is 85.5 cm³/mol. The molecule has 0 N–H and O–H groups in total. The van der Waals surface area contributed by atoms with Crippen molar-refractivity contribution in [2.24, 2.45) is 14.1 Å². The molecular formula is C16H13F6N5O2. The van der Waals surface area contributed by atoms with Crippen LogP contribution in [0, 0.1) is 6.92 Å². The van der Waals surface area contributed by atoms with Crippen LogP contribution in [0.25, 0.3) is 0 Å². The Balaban J connectivity index is 1.86. The van der Waals surface area contributed by atoms with Crippen molar-refractivity contribution >= 4 is 0 Å². The average molecular weight is 421 g/mol. The number of halogens is 6. The second kappa shape index (κ2) is 6.97. The average Bonchev–Trinajstić information content (AvgIpc) is 3.10. The maximum atomic E-state index is 12.8. The van der Waals surface area contributed by atoms with E-state index in [0.717, 1.165) is 9.36 Å². The van der Waals surface area contributed by atoms with E-state index in [-0.39, 0.29) is 23.5 Å². The summed E-state index contributed by atoms with van der Waals surface area (Å²) in [7, 11) is 2.51. The number of aryl methyl sites for hydroxylation is 3. The molecule has 156 valence electrons. The van der Waals surface area contributed by atoms with E-state index < -0.39 is 23.7 Å². The third-order valence-corrected chi connectivity index (χ3v) is 3.60. The number of hydrogen-bond donors (Lipinski definition) is 0. The zero-order valence-corrected chi connectivity index (χ0v) is 15.1. The van der Waals surface area contributed by atoms with E-state index in [1.54, 1.807) is 6.92 Å². The number of rotatable bonds is 4. The standard InChI is InChI=1S/C16H13F6N5O2/c1-8-4-11(28-13-6-9(15(17,18)19)24-26(13)2)23-12(5-8)29-14-7-10(16(20,21)22)25-27(14)3/h4-7H,1-3H3. The zero-order valence-electron chi connectivity index (χ0n) is 15.1. The van der Waals surface area contributed by atoms with Crippen molar-refractivity contribution in [1.82, 2.24) is 24.5 Å². The highest BCUT2D eigenvalue weighted by molar-refractivity contribution is 5.33. The fourth-order valence-corrected chi connectivity index (χ4v) is 2.29. The van der Waals surface area contributed by atoms with E-state index >= 15 is 0 Å². The van der Waals surface area contributed by atoms with Crippen LogP contribution in [-0.2, 0) is 26.4 Å². The Kier molecular flexibility index (Phi) is 4.92. The van der Waals surface area contributed by atoms with E-state index in [9.17, 15) is 26.3 Å². The van der Waals surface area contributed by atoms with E-state index in [1.165, 1.54) is 26.2 Å². The Morgan fingerprint density at radius 3 is 1.41 bits per heavy atom. The topological polar surface area (TPSA) is 67.0 Å². The lowest BCUT2D eigenvalue weighted by atomic mass is 10.3. The smallest absolute Gasteiger partial charge is 0.421 e. The van der Waals surface area contributed by atoms with Crippen LogP contribution in [0.15, 0.2) is 24.3 Å². The van der Waals surface area contributed by atoms with E-state index in [1.807, 2.05) is 0 Å².